The summed E-state index contributed by atoms with van der Waals surface area (Å²) >= 11 is 0. The van der Waals surface area contributed by atoms with Gasteiger partial charge in [-0.05, 0) is 50.1 Å². The van der Waals surface area contributed by atoms with Crippen LogP contribution in [0.4, 0.5) is 0 Å². The SMILES string of the molecule is COc1cccc(-c2nnc(COc3c(C)cc(C)cc3C)o2)c1. The first-order valence-corrected chi connectivity index (χ1v) is 7.74. The number of nitrogens with zero attached hydrogens (tertiary/aromatic N) is 2. The molecule has 0 amide bonds. The normalized spacial score (nSPS) is 10.7. The fourth-order valence-electron chi connectivity index (χ4n) is 2.71. The molecule has 3 rings (SSSR count). The molecule has 0 saturated heterocycles. The Bertz CT molecular complexity index is 832. The quantitative estimate of drug-likeness (QED) is 0.702. The van der Waals surface area contributed by atoms with Crippen LogP contribution in [0.3, 0.4) is 0 Å². The van der Waals surface area contributed by atoms with E-state index in [9.17, 15) is 0 Å². The molecular weight excluding hydrogens is 304 g/mol. The van der Waals surface area contributed by atoms with Crippen LogP contribution in [-0.4, -0.2) is 17.3 Å². The Hall–Kier alpha value is -2.82. The molecule has 24 heavy (non-hydrogen) atoms. The highest BCUT2D eigenvalue weighted by Crippen LogP contribution is 2.26. The van der Waals surface area contributed by atoms with Crippen molar-refractivity contribution in [1.82, 2.24) is 10.2 Å². The van der Waals surface area contributed by atoms with Crippen molar-refractivity contribution in [3.8, 4) is 23.0 Å². The Morgan fingerprint density at radius 2 is 1.75 bits per heavy atom. The van der Waals surface area contributed by atoms with E-state index in [1.807, 2.05) is 38.1 Å². The number of ether oxygens (including phenoxy) is 2. The van der Waals surface area contributed by atoms with Gasteiger partial charge >= 0.3 is 0 Å². The van der Waals surface area contributed by atoms with Gasteiger partial charge in [0.1, 0.15) is 11.5 Å². The summed E-state index contributed by atoms with van der Waals surface area (Å²) in [6, 6.07) is 11.7. The van der Waals surface area contributed by atoms with Gasteiger partial charge in [0.2, 0.25) is 5.89 Å². The van der Waals surface area contributed by atoms with Crippen LogP contribution in [-0.2, 0) is 6.61 Å². The zero-order valence-electron chi connectivity index (χ0n) is 14.3. The molecule has 124 valence electrons. The van der Waals surface area contributed by atoms with Crippen LogP contribution in [0.1, 0.15) is 22.6 Å². The van der Waals surface area contributed by atoms with E-state index in [1.165, 1.54) is 5.56 Å². The van der Waals surface area contributed by atoms with E-state index in [0.29, 0.717) is 11.8 Å². The molecule has 0 spiro atoms. The lowest BCUT2D eigenvalue weighted by Crippen LogP contribution is -1.99. The zero-order valence-corrected chi connectivity index (χ0v) is 14.3. The number of rotatable bonds is 5. The maximum Gasteiger partial charge on any atom is 0.254 e. The van der Waals surface area contributed by atoms with Gasteiger partial charge in [0, 0.05) is 5.56 Å². The van der Waals surface area contributed by atoms with Crippen molar-refractivity contribution in [3.05, 3.63) is 59.0 Å². The minimum atomic E-state index is 0.238. The second-order valence-electron chi connectivity index (χ2n) is 5.75. The molecule has 0 bridgehead atoms. The standard InChI is InChI=1S/C19H20N2O3/c1-12-8-13(2)18(14(3)9-12)23-11-17-20-21-19(24-17)15-6-5-7-16(10-15)22-4/h5-10H,11H2,1-4H3. The third-order valence-corrected chi connectivity index (χ3v) is 3.73. The molecule has 2 aromatic carbocycles. The molecule has 3 aromatic rings. The van der Waals surface area contributed by atoms with Crippen LogP contribution in [0.5, 0.6) is 11.5 Å². The molecule has 5 nitrogen and oxygen atoms in total. The fourth-order valence-corrected chi connectivity index (χ4v) is 2.71. The highest BCUT2D eigenvalue weighted by atomic mass is 16.5. The lowest BCUT2D eigenvalue weighted by molar-refractivity contribution is 0.261. The van der Waals surface area contributed by atoms with Gasteiger partial charge in [0.25, 0.3) is 5.89 Å². The maximum atomic E-state index is 5.88. The van der Waals surface area contributed by atoms with Crippen molar-refractivity contribution in [2.24, 2.45) is 0 Å². The number of methoxy groups -OCH3 is 1. The third-order valence-electron chi connectivity index (χ3n) is 3.73. The van der Waals surface area contributed by atoms with E-state index in [0.717, 1.165) is 28.2 Å². The second kappa shape index (κ2) is 6.74. The van der Waals surface area contributed by atoms with Crippen LogP contribution in [0, 0.1) is 20.8 Å². The molecule has 1 heterocycles. The second-order valence-corrected chi connectivity index (χ2v) is 5.75. The van der Waals surface area contributed by atoms with Gasteiger partial charge in [0.05, 0.1) is 7.11 Å². The first kappa shape index (κ1) is 16.1. The van der Waals surface area contributed by atoms with Crippen molar-refractivity contribution in [2.75, 3.05) is 7.11 Å². The first-order chi connectivity index (χ1) is 11.6. The topological polar surface area (TPSA) is 57.4 Å². The Morgan fingerprint density at radius 3 is 2.46 bits per heavy atom. The summed E-state index contributed by atoms with van der Waals surface area (Å²) in [5, 5.41) is 8.14. The van der Waals surface area contributed by atoms with Crippen LogP contribution in [0.25, 0.3) is 11.5 Å². The molecule has 0 aliphatic heterocycles. The van der Waals surface area contributed by atoms with Crippen LogP contribution in [0.2, 0.25) is 0 Å². The van der Waals surface area contributed by atoms with Gasteiger partial charge in [-0.3, -0.25) is 0 Å². The predicted molar refractivity (Wildman–Crippen MR) is 91.3 cm³/mol. The lowest BCUT2D eigenvalue weighted by Gasteiger charge is -2.11. The molecule has 0 saturated carbocycles. The highest BCUT2D eigenvalue weighted by molar-refractivity contribution is 5.55. The molecular formula is C19H20N2O3. The fraction of sp³-hybridized carbons (Fsp3) is 0.263. The Kier molecular flexibility index (Phi) is 4.51. The van der Waals surface area contributed by atoms with Gasteiger partial charge in [-0.1, -0.05) is 23.8 Å². The van der Waals surface area contributed by atoms with Gasteiger partial charge in [-0.15, -0.1) is 10.2 Å². The summed E-state index contributed by atoms with van der Waals surface area (Å²) in [7, 11) is 1.62. The Morgan fingerprint density at radius 1 is 1.00 bits per heavy atom. The summed E-state index contributed by atoms with van der Waals surface area (Å²) < 4.78 is 16.8. The molecule has 0 aliphatic carbocycles. The molecule has 0 radical (unpaired) electrons. The first-order valence-electron chi connectivity index (χ1n) is 7.74. The average molecular weight is 324 g/mol. The number of aryl methyl sites for hydroxylation is 3. The van der Waals surface area contributed by atoms with E-state index >= 15 is 0 Å². The highest BCUT2D eigenvalue weighted by Gasteiger charge is 2.11. The van der Waals surface area contributed by atoms with Crippen molar-refractivity contribution >= 4 is 0 Å². The van der Waals surface area contributed by atoms with Crippen LogP contribution in [0.15, 0.2) is 40.8 Å². The van der Waals surface area contributed by atoms with Gasteiger partial charge in [-0.2, -0.15) is 0 Å². The smallest absolute Gasteiger partial charge is 0.254 e. The van der Waals surface area contributed by atoms with Crippen molar-refractivity contribution in [1.29, 1.82) is 0 Å². The van der Waals surface area contributed by atoms with Crippen LogP contribution >= 0.6 is 0 Å². The average Bonchev–Trinajstić information content (AvgIpc) is 3.03. The van der Waals surface area contributed by atoms with E-state index in [1.54, 1.807) is 7.11 Å². The molecule has 5 heteroatoms. The van der Waals surface area contributed by atoms with Gasteiger partial charge in [0.15, 0.2) is 6.61 Å². The Balaban J connectivity index is 1.75. The van der Waals surface area contributed by atoms with Crippen molar-refractivity contribution < 1.29 is 13.9 Å². The summed E-state index contributed by atoms with van der Waals surface area (Å²) in [6.07, 6.45) is 0. The van der Waals surface area contributed by atoms with E-state index in [2.05, 4.69) is 29.3 Å². The Labute approximate surface area is 141 Å². The number of hydrogen-bond acceptors (Lipinski definition) is 5. The summed E-state index contributed by atoms with van der Waals surface area (Å²) in [5.74, 6) is 2.49. The minimum Gasteiger partial charge on any atom is -0.497 e. The lowest BCUT2D eigenvalue weighted by atomic mass is 10.1. The largest absolute Gasteiger partial charge is 0.497 e. The monoisotopic (exact) mass is 324 g/mol. The maximum absolute atomic E-state index is 5.88. The molecule has 0 N–H and O–H groups in total. The third kappa shape index (κ3) is 3.40. The number of hydrogen-bond donors (Lipinski definition) is 0. The molecule has 0 atom stereocenters. The molecule has 0 aliphatic rings. The molecule has 1 aromatic heterocycles. The van der Waals surface area contributed by atoms with Crippen LogP contribution < -0.4 is 9.47 Å². The summed E-state index contributed by atoms with van der Waals surface area (Å²) in [4.78, 5) is 0. The van der Waals surface area contributed by atoms with E-state index < -0.39 is 0 Å². The predicted octanol–water partition coefficient (Wildman–Crippen LogP) is 4.25. The molecule has 0 fully saturated rings. The minimum absolute atomic E-state index is 0.238. The summed E-state index contributed by atoms with van der Waals surface area (Å²) in [5.41, 5.74) is 4.23. The summed E-state index contributed by atoms with van der Waals surface area (Å²) in [6.45, 7) is 6.37. The van der Waals surface area contributed by atoms with Gasteiger partial charge in [-0.25, -0.2) is 0 Å². The number of aromatic nitrogens is 2. The van der Waals surface area contributed by atoms with Crippen molar-refractivity contribution in [3.63, 3.8) is 0 Å². The van der Waals surface area contributed by atoms with E-state index in [4.69, 9.17) is 13.9 Å². The van der Waals surface area contributed by atoms with E-state index in [-0.39, 0.29) is 6.61 Å². The number of benzene rings is 2. The molecule has 0 unspecified atom stereocenters. The van der Waals surface area contributed by atoms with Crippen molar-refractivity contribution in [2.45, 2.75) is 27.4 Å². The zero-order chi connectivity index (χ0) is 17.1. The van der Waals surface area contributed by atoms with Gasteiger partial charge < -0.3 is 13.9 Å².